The molecule has 0 radical (unpaired) electrons. The zero-order chi connectivity index (χ0) is 21.1. The third kappa shape index (κ3) is 4.98. The van der Waals surface area contributed by atoms with Gasteiger partial charge in [-0.25, -0.2) is 4.68 Å². The van der Waals surface area contributed by atoms with Crippen molar-refractivity contribution in [1.29, 1.82) is 0 Å². The summed E-state index contributed by atoms with van der Waals surface area (Å²) < 4.78 is 1.76. The second-order valence-corrected chi connectivity index (χ2v) is 7.70. The second-order valence-electron chi connectivity index (χ2n) is 7.70. The fourth-order valence-electron chi connectivity index (χ4n) is 2.84. The maximum Gasteiger partial charge on any atom is 0.303 e. The summed E-state index contributed by atoms with van der Waals surface area (Å²) >= 11 is 0. The molecule has 1 atom stereocenters. The van der Waals surface area contributed by atoms with Crippen LogP contribution in [0.25, 0.3) is 5.69 Å². The van der Waals surface area contributed by atoms with Crippen molar-refractivity contribution < 1.29 is 19.8 Å². The third-order valence-electron chi connectivity index (χ3n) is 5.25. The van der Waals surface area contributed by atoms with Crippen LogP contribution in [0.15, 0.2) is 24.3 Å². The summed E-state index contributed by atoms with van der Waals surface area (Å²) in [7, 11) is 0. The third-order valence-corrected chi connectivity index (χ3v) is 5.25. The maximum absolute atomic E-state index is 12.3. The lowest BCUT2D eigenvalue weighted by molar-refractivity contribution is -0.136. The van der Waals surface area contributed by atoms with Gasteiger partial charge in [-0.05, 0) is 62.9 Å². The van der Waals surface area contributed by atoms with E-state index in [-0.39, 0.29) is 24.8 Å². The Morgan fingerprint density at radius 3 is 2.36 bits per heavy atom. The molecule has 152 valence electrons. The summed E-state index contributed by atoms with van der Waals surface area (Å²) in [4.78, 5) is 23.2. The number of benzene rings is 1. The van der Waals surface area contributed by atoms with Crippen molar-refractivity contribution >= 4 is 11.9 Å². The van der Waals surface area contributed by atoms with Gasteiger partial charge in [0.1, 0.15) is 0 Å². The minimum Gasteiger partial charge on any atom is -0.481 e. The number of amides is 1. The number of aliphatic hydroxyl groups is 1. The van der Waals surface area contributed by atoms with Crippen molar-refractivity contribution in [2.75, 3.05) is 6.54 Å². The molecule has 1 aromatic heterocycles. The van der Waals surface area contributed by atoms with E-state index in [1.165, 1.54) is 0 Å². The Morgan fingerprint density at radius 1 is 1.21 bits per heavy atom. The molecule has 0 fully saturated rings. The van der Waals surface area contributed by atoms with Gasteiger partial charge in [0, 0.05) is 24.2 Å². The number of carboxylic acid groups (broad SMARTS) is 1. The summed E-state index contributed by atoms with van der Waals surface area (Å²) in [6.07, 6.45) is 0.496. The van der Waals surface area contributed by atoms with Crippen molar-refractivity contribution in [2.24, 2.45) is 5.92 Å². The van der Waals surface area contributed by atoms with Gasteiger partial charge in [0.15, 0.2) is 0 Å². The smallest absolute Gasteiger partial charge is 0.303 e. The number of aryl methyl sites for hydroxylation is 1. The zero-order valence-corrected chi connectivity index (χ0v) is 17.1. The Balaban J connectivity index is 2.13. The number of aliphatic carboxylic acids is 1. The van der Waals surface area contributed by atoms with Crippen LogP contribution in [0.4, 0.5) is 0 Å². The molecule has 0 aliphatic heterocycles. The number of aromatic nitrogens is 2. The highest BCUT2D eigenvalue weighted by Gasteiger charge is 2.25. The van der Waals surface area contributed by atoms with Gasteiger partial charge in [0.05, 0.1) is 17.0 Å². The monoisotopic (exact) mass is 387 g/mol. The average Bonchev–Trinajstić information content (AvgIpc) is 2.92. The molecule has 0 bridgehead atoms. The number of rotatable bonds is 8. The SMILES string of the molecule is Cc1nn(-c2ccc(C(=O)NCC(C)(O)C(C)C)cc2)c(C)c1CCC(=O)O. The summed E-state index contributed by atoms with van der Waals surface area (Å²) in [6.45, 7) is 9.45. The Kier molecular flexibility index (Phi) is 6.61. The van der Waals surface area contributed by atoms with Gasteiger partial charge in [-0.1, -0.05) is 13.8 Å². The van der Waals surface area contributed by atoms with Crippen LogP contribution in [-0.4, -0.2) is 44.0 Å². The van der Waals surface area contributed by atoms with E-state index in [1.807, 2.05) is 27.7 Å². The first-order valence-corrected chi connectivity index (χ1v) is 9.41. The lowest BCUT2D eigenvalue weighted by Gasteiger charge is -2.27. The largest absolute Gasteiger partial charge is 0.481 e. The summed E-state index contributed by atoms with van der Waals surface area (Å²) in [6, 6.07) is 7.02. The van der Waals surface area contributed by atoms with Crippen LogP contribution in [0.2, 0.25) is 0 Å². The minimum atomic E-state index is -0.967. The number of hydrogen-bond donors (Lipinski definition) is 3. The molecule has 2 rings (SSSR count). The predicted molar refractivity (Wildman–Crippen MR) is 107 cm³/mol. The van der Waals surface area contributed by atoms with Crippen LogP contribution in [0.1, 0.15) is 54.5 Å². The molecule has 28 heavy (non-hydrogen) atoms. The Morgan fingerprint density at radius 2 is 1.82 bits per heavy atom. The van der Waals surface area contributed by atoms with Crippen LogP contribution in [-0.2, 0) is 11.2 Å². The minimum absolute atomic E-state index is 0.0246. The van der Waals surface area contributed by atoms with Crippen molar-refractivity contribution in [3.8, 4) is 5.69 Å². The second kappa shape index (κ2) is 8.56. The van der Waals surface area contributed by atoms with E-state index in [2.05, 4.69) is 10.4 Å². The molecule has 0 saturated carbocycles. The molecule has 0 saturated heterocycles. The molecule has 1 heterocycles. The van der Waals surface area contributed by atoms with E-state index in [9.17, 15) is 14.7 Å². The quantitative estimate of drug-likeness (QED) is 0.646. The summed E-state index contributed by atoms with van der Waals surface area (Å²) in [5, 5.41) is 26.4. The van der Waals surface area contributed by atoms with Gasteiger partial charge in [-0.15, -0.1) is 0 Å². The maximum atomic E-state index is 12.3. The van der Waals surface area contributed by atoms with E-state index in [1.54, 1.807) is 35.9 Å². The van der Waals surface area contributed by atoms with Gasteiger partial charge in [-0.3, -0.25) is 9.59 Å². The Bertz CT molecular complexity index is 851. The summed E-state index contributed by atoms with van der Waals surface area (Å²) in [5.41, 5.74) is 2.95. The molecule has 1 amide bonds. The highest BCUT2D eigenvalue weighted by Crippen LogP contribution is 2.20. The van der Waals surface area contributed by atoms with Crippen LogP contribution in [0.3, 0.4) is 0 Å². The lowest BCUT2D eigenvalue weighted by atomic mass is 9.92. The molecule has 0 spiro atoms. The van der Waals surface area contributed by atoms with E-state index >= 15 is 0 Å². The zero-order valence-electron chi connectivity index (χ0n) is 17.1. The topological polar surface area (TPSA) is 104 Å². The number of carboxylic acids is 1. The van der Waals surface area contributed by atoms with Gasteiger partial charge in [0.25, 0.3) is 5.91 Å². The van der Waals surface area contributed by atoms with Crippen LogP contribution in [0, 0.1) is 19.8 Å². The van der Waals surface area contributed by atoms with Crippen molar-refractivity contribution in [2.45, 2.75) is 53.1 Å². The molecular weight excluding hydrogens is 358 g/mol. The Labute approximate surface area is 165 Å². The fourth-order valence-corrected chi connectivity index (χ4v) is 2.84. The predicted octanol–water partition coefficient (Wildman–Crippen LogP) is 2.64. The highest BCUT2D eigenvalue weighted by molar-refractivity contribution is 5.94. The van der Waals surface area contributed by atoms with Crippen molar-refractivity contribution in [1.82, 2.24) is 15.1 Å². The first kappa shape index (κ1) is 21.6. The molecule has 1 aromatic carbocycles. The molecule has 7 nitrogen and oxygen atoms in total. The molecule has 2 aromatic rings. The van der Waals surface area contributed by atoms with Crippen molar-refractivity contribution in [3.63, 3.8) is 0 Å². The molecule has 1 unspecified atom stereocenters. The highest BCUT2D eigenvalue weighted by atomic mass is 16.4. The van der Waals surface area contributed by atoms with Gasteiger partial charge < -0.3 is 15.5 Å². The normalized spacial score (nSPS) is 13.4. The number of hydrogen-bond acceptors (Lipinski definition) is 4. The van der Waals surface area contributed by atoms with E-state index < -0.39 is 11.6 Å². The van der Waals surface area contributed by atoms with E-state index in [4.69, 9.17) is 5.11 Å². The standard InChI is InChI=1S/C21H29N3O4/c1-13(2)21(5,28)12-22-20(27)16-6-8-17(9-7-16)24-15(4)18(14(3)23-24)10-11-19(25)26/h6-9,13,28H,10-12H2,1-5H3,(H,22,27)(H,25,26). The first-order chi connectivity index (χ1) is 13.0. The first-order valence-electron chi connectivity index (χ1n) is 9.41. The average molecular weight is 387 g/mol. The lowest BCUT2D eigenvalue weighted by Crippen LogP contribution is -2.44. The number of carbonyl (C=O) groups excluding carboxylic acids is 1. The molecule has 0 aliphatic rings. The van der Waals surface area contributed by atoms with E-state index in [0.29, 0.717) is 12.0 Å². The summed E-state index contributed by atoms with van der Waals surface area (Å²) in [5.74, 6) is -1.06. The van der Waals surface area contributed by atoms with Crippen LogP contribution >= 0.6 is 0 Å². The molecule has 0 aliphatic carbocycles. The number of carbonyl (C=O) groups is 2. The van der Waals surface area contributed by atoms with Crippen molar-refractivity contribution in [3.05, 3.63) is 46.8 Å². The van der Waals surface area contributed by atoms with E-state index in [0.717, 1.165) is 22.6 Å². The van der Waals surface area contributed by atoms with Crippen LogP contribution in [0.5, 0.6) is 0 Å². The Hall–Kier alpha value is -2.67. The van der Waals surface area contributed by atoms with Gasteiger partial charge >= 0.3 is 5.97 Å². The molecule has 7 heteroatoms. The van der Waals surface area contributed by atoms with Crippen LogP contribution < -0.4 is 5.32 Å². The fraction of sp³-hybridized carbons (Fsp3) is 0.476. The molecular formula is C21H29N3O4. The number of nitrogens with zero attached hydrogens (tertiary/aromatic N) is 2. The van der Waals surface area contributed by atoms with Gasteiger partial charge in [0.2, 0.25) is 0 Å². The number of nitrogens with one attached hydrogen (secondary N) is 1. The van der Waals surface area contributed by atoms with Gasteiger partial charge in [-0.2, -0.15) is 5.10 Å². The molecule has 3 N–H and O–H groups in total.